The largest absolute Gasteiger partial charge is 0.475 e. The fourth-order valence-electron chi connectivity index (χ4n) is 1.76. The number of halogens is 4. The van der Waals surface area contributed by atoms with E-state index in [2.05, 4.69) is 20.6 Å². The van der Waals surface area contributed by atoms with Gasteiger partial charge in [0.1, 0.15) is 12.2 Å². The van der Waals surface area contributed by atoms with Crippen LogP contribution in [0.4, 0.5) is 13.2 Å². The minimum absolute atomic E-state index is 0. The maximum atomic E-state index is 12.8. The van der Waals surface area contributed by atoms with E-state index in [1.54, 1.807) is 14.2 Å². The summed E-state index contributed by atoms with van der Waals surface area (Å²) in [6.07, 6.45) is -3.24. The van der Waals surface area contributed by atoms with E-state index >= 15 is 0 Å². The first-order valence-electron chi connectivity index (χ1n) is 6.99. The zero-order valence-corrected chi connectivity index (χ0v) is 16.0. The lowest BCUT2D eigenvalue weighted by molar-refractivity contribution is -0.139. The Kier molecular flexibility index (Phi) is 10.7. The van der Waals surface area contributed by atoms with Crippen molar-refractivity contribution in [1.82, 2.24) is 15.6 Å². The van der Waals surface area contributed by atoms with Crippen molar-refractivity contribution >= 4 is 29.9 Å². The number of guanidine groups is 1. The predicted octanol–water partition coefficient (Wildman–Crippen LogP) is 2.30. The average molecular weight is 462 g/mol. The number of aromatic nitrogens is 1. The number of hydrogen-bond donors (Lipinski definition) is 2. The van der Waals surface area contributed by atoms with Gasteiger partial charge in [-0.05, 0) is 19.1 Å². The molecule has 0 aliphatic heterocycles. The van der Waals surface area contributed by atoms with Crippen molar-refractivity contribution in [3.63, 3.8) is 0 Å². The molecule has 138 valence electrons. The van der Waals surface area contributed by atoms with E-state index in [0.29, 0.717) is 12.6 Å². The maximum absolute atomic E-state index is 12.8. The molecule has 0 aliphatic rings. The van der Waals surface area contributed by atoms with E-state index in [9.17, 15) is 13.2 Å². The third kappa shape index (κ3) is 7.99. The molecule has 1 aromatic rings. The molecule has 1 aromatic heterocycles. The molecule has 0 fully saturated rings. The van der Waals surface area contributed by atoms with Gasteiger partial charge in [-0.1, -0.05) is 0 Å². The Morgan fingerprint density at radius 3 is 2.71 bits per heavy atom. The van der Waals surface area contributed by atoms with Gasteiger partial charge in [0.15, 0.2) is 5.96 Å². The molecule has 10 heteroatoms. The molecule has 1 heterocycles. The normalized spacial score (nSPS) is 13.0. The van der Waals surface area contributed by atoms with Crippen molar-refractivity contribution < 1.29 is 22.6 Å². The van der Waals surface area contributed by atoms with Crippen LogP contribution >= 0.6 is 24.0 Å². The molecule has 1 rings (SSSR count). The second-order valence-electron chi connectivity index (χ2n) is 4.70. The minimum atomic E-state index is -4.50. The summed E-state index contributed by atoms with van der Waals surface area (Å²) in [5.74, 6) is 0.0766. The SMILES string of the molecule is CN=C(NCCOc1ncccc1C(F)(F)F)NC(C)COC.I. The summed E-state index contributed by atoms with van der Waals surface area (Å²) in [7, 11) is 3.18. The van der Waals surface area contributed by atoms with Gasteiger partial charge in [-0.2, -0.15) is 13.2 Å². The Morgan fingerprint density at radius 1 is 1.42 bits per heavy atom. The lowest BCUT2D eigenvalue weighted by Gasteiger charge is -2.17. The first-order chi connectivity index (χ1) is 10.9. The van der Waals surface area contributed by atoms with Crippen LogP contribution in [0.5, 0.6) is 5.88 Å². The number of pyridine rings is 1. The molecule has 0 amide bonds. The van der Waals surface area contributed by atoms with Crippen molar-refractivity contribution in [3.8, 4) is 5.88 Å². The lowest BCUT2D eigenvalue weighted by atomic mass is 10.2. The van der Waals surface area contributed by atoms with Crippen LogP contribution in [-0.2, 0) is 10.9 Å². The second-order valence-corrected chi connectivity index (χ2v) is 4.70. The van der Waals surface area contributed by atoms with Crippen LogP contribution in [0.2, 0.25) is 0 Å². The van der Waals surface area contributed by atoms with Crippen molar-refractivity contribution in [2.45, 2.75) is 19.1 Å². The highest BCUT2D eigenvalue weighted by Gasteiger charge is 2.34. The van der Waals surface area contributed by atoms with Crippen LogP contribution in [0, 0.1) is 0 Å². The van der Waals surface area contributed by atoms with Crippen LogP contribution in [-0.4, -0.2) is 50.9 Å². The molecular formula is C14H22F3IN4O2. The van der Waals surface area contributed by atoms with Crippen molar-refractivity contribution in [1.29, 1.82) is 0 Å². The molecule has 0 bridgehead atoms. The highest BCUT2D eigenvalue weighted by atomic mass is 127. The van der Waals surface area contributed by atoms with Gasteiger partial charge in [0.25, 0.3) is 0 Å². The maximum Gasteiger partial charge on any atom is 0.421 e. The second kappa shape index (κ2) is 11.3. The van der Waals surface area contributed by atoms with Crippen molar-refractivity contribution in [3.05, 3.63) is 23.9 Å². The first kappa shape index (κ1) is 22.7. The fourth-order valence-corrected chi connectivity index (χ4v) is 1.76. The van der Waals surface area contributed by atoms with E-state index in [0.717, 1.165) is 6.07 Å². The number of ether oxygens (including phenoxy) is 2. The van der Waals surface area contributed by atoms with Gasteiger partial charge < -0.3 is 20.1 Å². The number of methoxy groups -OCH3 is 1. The van der Waals surface area contributed by atoms with Gasteiger partial charge in [0.05, 0.1) is 13.2 Å². The molecule has 6 nitrogen and oxygen atoms in total. The number of hydrogen-bond acceptors (Lipinski definition) is 4. The van der Waals surface area contributed by atoms with Crippen molar-refractivity contribution in [2.75, 3.05) is 33.9 Å². The summed E-state index contributed by atoms with van der Waals surface area (Å²) in [4.78, 5) is 7.62. The molecule has 0 aliphatic carbocycles. The Labute approximate surface area is 156 Å². The Morgan fingerprint density at radius 2 is 2.12 bits per heavy atom. The summed E-state index contributed by atoms with van der Waals surface area (Å²) in [6, 6.07) is 2.19. The van der Waals surface area contributed by atoms with E-state index in [1.165, 1.54) is 12.3 Å². The molecule has 1 atom stereocenters. The monoisotopic (exact) mass is 462 g/mol. The highest BCUT2D eigenvalue weighted by Crippen LogP contribution is 2.34. The Balaban J connectivity index is 0.00000529. The van der Waals surface area contributed by atoms with Gasteiger partial charge in [-0.3, -0.25) is 4.99 Å². The number of nitrogens with zero attached hydrogens (tertiary/aromatic N) is 2. The predicted molar refractivity (Wildman–Crippen MR) is 96.0 cm³/mol. The van der Waals surface area contributed by atoms with E-state index in [1.807, 2.05) is 6.92 Å². The fraction of sp³-hybridized carbons (Fsp3) is 0.571. The van der Waals surface area contributed by atoms with Gasteiger partial charge in [0, 0.05) is 26.4 Å². The minimum Gasteiger partial charge on any atom is -0.475 e. The summed E-state index contributed by atoms with van der Waals surface area (Å²) in [6.45, 7) is 2.70. The molecule has 0 aromatic carbocycles. The third-order valence-corrected chi connectivity index (χ3v) is 2.73. The number of rotatable bonds is 7. The number of nitrogens with one attached hydrogen (secondary N) is 2. The van der Waals surface area contributed by atoms with Gasteiger partial charge in [-0.25, -0.2) is 4.98 Å². The van der Waals surface area contributed by atoms with Crippen LogP contribution < -0.4 is 15.4 Å². The van der Waals surface area contributed by atoms with Crippen LogP contribution in [0.25, 0.3) is 0 Å². The zero-order valence-electron chi connectivity index (χ0n) is 13.7. The number of aliphatic imine (C=N–C) groups is 1. The summed E-state index contributed by atoms with van der Waals surface area (Å²) in [5, 5.41) is 6.00. The van der Waals surface area contributed by atoms with Crippen LogP contribution in [0.15, 0.2) is 23.3 Å². The molecule has 0 radical (unpaired) electrons. The average Bonchev–Trinajstić information content (AvgIpc) is 2.50. The van der Waals surface area contributed by atoms with E-state index < -0.39 is 17.6 Å². The molecule has 0 saturated heterocycles. The smallest absolute Gasteiger partial charge is 0.421 e. The lowest BCUT2D eigenvalue weighted by Crippen LogP contribution is -2.45. The van der Waals surface area contributed by atoms with Crippen molar-refractivity contribution in [2.24, 2.45) is 4.99 Å². The standard InChI is InChI=1S/C14H21F3N4O2.HI/c1-10(9-22-3)21-13(18-2)20-7-8-23-12-11(14(15,16)17)5-4-6-19-12;/h4-6,10H,7-9H2,1-3H3,(H2,18,20,21);1H. The summed E-state index contributed by atoms with van der Waals surface area (Å²) in [5.41, 5.74) is -0.892. The van der Waals surface area contributed by atoms with Crippen LogP contribution in [0.3, 0.4) is 0 Å². The highest BCUT2D eigenvalue weighted by molar-refractivity contribution is 14.0. The molecule has 1 unspecified atom stereocenters. The first-order valence-corrected chi connectivity index (χ1v) is 6.99. The van der Waals surface area contributed by atoms with Gasteiger partial charge >= 0.3 is 6.18 Å². The molecular weight excluding hydrogens is 440 g/mol. The van der Waals surface area contributed by atoms with E-state index in [-0.39, 0.29) is 43.2 Å². The summed E-state index contributed by atoms with van der Waals surface area (Å²) >= 11 is 0. The van der Waals surface area contributed by atoms with Crippen LogP contribution in [0.1, 0.15) is 12.5 Å². The number of alkyl halides is 3. The van der Waals surface area contributed by atoms with Gasteiger partial charge in [-0.15, -0.1) is 24.0 Å². The topological polar surface area (TPSA) is 67.8 Å². The van der Waals surface area contributed by atoms with E-state index in [4.69, 9.17) is 9.47 Å². The third-order valence-electron chi connectivity index (χ3n) is 2.73. The summed E-state index contributed by atoms with van der Waals surface area (Å²) < 4.78 is 48.4. The molecule has 2 N–H and O–H groups in total. The Hall–Kier alpha value is -1.30. The van der Waals surface area contributed by atoms with Gasteiger partial charge in [0.2, 0.25) is 5.88 Å². The molecule has 0 saturated carbocycles. The molecule has 0 spiro atoms. The molecule has 24 heavy (non-hydrogen) atoms. The Bertz CT molecular complexity index is 515. The quantitative estimate of drug-likeness (QED) is 0.282. The zero-order chi connectivity index (χ0) is 17.3.